The number of aryl methyl sites for hydroxylation is 1. The minimum atomic E-state index is -1.12. The molecule has 0 saturated carbocycles. The van der Waals surface area contributed by atoms with Crippen LogP contribution >= 0.6 is 0 Å². The third-order valence-electron chi connectivity index (χ3n) is 4.23. The molecule has 128 valence electrons. The number of hydrogen-bond acceptors (Lipinski definition) is 4. The fourth-order valence-corrected chi connectivity index (χ4v) is 2.68. The van der Waals surface area contributed by atoms with Crippen molar-refractivity contribution in [1.82, 2.24) is 4.57 Å². The van der Waals surface area contributed by atoms with Crippen molar-refractivity contribution in [2.45, 2.75) is 46.1 Å². The van der Waals surface area contributed by atoms with Crippen molar-refractivity contribution < 1.29 is 14.6 Å². The first kappa shape index (κ1) is 18.0. The average Bonchev–Trinajstić information content (AvgIpc) is 2.87. The molecule has 0 spiro atoms. The lowest BCUT2D eigenvalue weighted by molar-refractivity contribution is -0.136. The Hall–Kier alpha value is -2.32. The average molecular weight is 329 g/mol. The van der Waals surface area contributed by atoms with Gasteiger partial charge in [0, 0.05) is 36.4 Å². The van der Waals surface area contributed by atoms with Crippen LogP contribution in [0.3, 0.4) is 0 Å². The van der Waals surface area contributed by atoms with E-state index in [4.69, 9.17) is 4.74 Å². The summed E-state index contributed by atoms with van der Waals surface area (Å²) in [6, 6.07) is 0. The van der Waals surface area contributed by atoms with Gasteiger partial charge in [0.15, 0.2) is 0 Å². The molecule has 1 atom stereocenters. The van der Waals surface area contributed by atoms with Crippen LogP contribution in [0.4, 0.5) is 0 Å². The molecule has 0 radical (unpaired) electrons. The van der Waals surface area contributed by atoms with Crippen molar-refractivity contribution in [3.05, 3.63) is 38.8 Å². The summed E-state index contributed by atoms with van der Waals surface area (Å²) >= 11 is 0. The number of hydrogen-bond donors (Lipinski definition) is 1. The van der Waals surface area contributed by atoms with Crippen LogP contribution in [0.25, 0.3) is 5.57 Å². The van der Waals surface area contributed by atoms with E-state index in [1.807, 2.05) is 13.8 Å². The maximum atomic E-state index is 12.4. The quantitative estimate of drug-likeness (QED) is 0.678. The molecule has 5 nitrogen and oxygen atoms in total. The van der Waals surface area contributed by atoms with E-state index < -0.39 is 11.6 Å². The molecule has 0 aliphatic heterocycles. The number of aromatic nitrogens is 1. The van der Waals surface area contributed by atoms with E-state index in [1.165, 1.54) is 4.57 Å². The second-order valence-electron chi connectivity index (χ2n) is 6.24. The summed E-state index contributed by atoms with van der Waals surface area (Å²) in [6.07, 6.45) is 2.50. The van der Waals surface area contributed by atoms with Crippen LogP contribution in [0, 0.1) is 11.8 Å². The van der Waals surface area contributed by atoms with Gasteiger partial charge < -0.3 is 14.4 Å². The lowest BCUT2D eigenvalue weighted by Crippen LogP contribution is -2.23. The van der Waals surface area contributed by atoms with Crippen LogP contribution in [-0.4, -0.2) is 27.9 Å². The number of carbonyl (C=O) groups excluding carboxylic acids is 1. The summed E-state index contributed by atoms with van der Waals surface area (Å²) in [5.41, 5.74) is 1.62. The van der Waals surface area contributed by atoms with Crippen LogP contribution in [-0.2, 0) is 23.0 Å². The molecule has 0 aromatic carbocycles. The van der Waals surface area contributed by atoms with Crippen molar-refractivity contribution in [2.75, 3.05) is 6.61 Å². The fourth-order valence-electron chi connectivity index (χ4n) is 2.68. The van der Waals surface area contributed by atoms with Gasteiger partial charge in [-0.05, 0) is 27.2 Å². The van der Waals surface area contributed by atoms with Crippen molar-refractivity contribution in [3.63, 3.8) is 0 Å². The third kappa shape index (κ3) is 3.29. The number of esters is 1. The SMILES string of the molecule is CCOC(=O)C1=C(C)Cc2c1c(C#CC(C)(O)CC)cn(C)c2=O. The van der Waals surface area contributed by atoms with Crippen LogP contribution < -0.4 is 5.56 Å². The van der Waals surface area contributed by atoms with E-state index in [-0.39, 0.29) is 12.2 Å². The number of carbonyl (C=O) groups is 1. The first-order valence-electron chi connectivity index (χ1n) is 8.07. The zero-order valence-electron chi connectivity index (χ0n) is 14.8. The first-order chi connectivity index (χ1) is 11.2. The van der Waals surface area contributed by atoms with Gasteiger partial charge in [-0.2, -0.15) is 0 Å². The molecule has 0 fully saturated rings. The Morgan fingerprint density at radius 3 is 2.71 bits per heavy atom. The van der Waals surface area contributed by atoms with Crippen LogP contribution in [0.15, 0.2) is 16.6 Å². The lowest BCUT2D eigenvalue weighted by Gasteiger charge is -2.13. The molecule has 0 amide bonds. The molecule has 1 aliphatic carbocycles. The third-order valence-corrected chi connectivity index (χ3v) is 4.23. The highest BCUT2D eigenvalue weighted by Gasteiger charge is 2.30. The first-order valence-corrected chi connectivity index (χ1v) is 8.07. The molecular weight excluding hydrogens is 306 g/mol. The Kier molecular flexibility index (Phi) is 5.00. The second kappa shape index (κ2) is 6.66. The normalized spacial score (nSPS) is 15.4. The number of allylic oxidation sites excluding steroid dienone is 1. The topological polar surface area (TPSA) is 68.5 Å². The largest absolute Gasteiger partial charge is 0.462 e. The highest BCUT2D eigenvalue weighted by Crippen LogP contribution is 2.34. The maximum absolute atomic E-state index is 12.4. The number of pyridine rings is 1. The van der Waals surface area contributed by atoms with Gasteiger partial charge in [-0.25, -0.2) is 4.79 Å². The van der Waals surface area contributed by atoms with E-state index in [1.54, 1.807) is 27.1 Å². The maximum Gasteiger partial charge on any atom is 0.338 e. The van der Waals surface area contributed by atoms with Gasteiger partial charge in [0.05, 0.1) is 12.2 Å². The molecule has 1 N–H and O–H groups in total. The van der Waals surface area contributed by atoms with Gasteiger partial charge in [-0.1, -0.05) is 24.3 Å². The predicted molar refractivity (Wildman–Crippen MR) is 92.4 cm³/mol. The highest BCUT2D eigenvalue weighted by molar-refractivity contribution is 6.19. The highest BCUT2D eigenvalue weighted by atomic mass is 16.5. The Morgan fingerprint density at radius 1 is 1.46 bits per heavy atom. The number of aliphatic hydroxyl groups is 1. The molecule has 1 aromatic heterocycles. The van der Waals surface area contributed by atoms with Crippen molar-refractivity contribution in [2.24, 2.45) is 7.05 Å². The number of nitrogens with zero attached hydrogens (tertiary/aromatic N) is 1. The summed E-state index contributed by atoms with van der Waals surface area (Å²) < 4.78 is 6.60. The van der Waals surface area contributed by atoms with Gasteiger partial charge in [0.1, 0.15) is 5.60 Å². The molecule has 0 saturated heterocycles. The molecule has 1 aliphatic rings. The number of fused-ring (bicyclic) bond motifs is 1. The monoisotopic (exact) mass is 329 g/mol. The van der Waals surface area contributed by atoms with Gasteiger partial charge in [-0.3, -0.25) is 4.79 Å². The number of rotatable bonds is 3. The van der Waals surface area contributed by atoms with Crippen LogP contribution in [0.5, 0.6) is 0 Å². The van der Waals surface area contributed by atoms with Crippen molar-refractivity contribution in [3.8, 4) is 11.8 Å². The van der Waals surface area contributed by atoms with Crippen LogP contribution in [0.1, 0.15) is 50.8 Å². The standard InChI is InChI=1S/C19H23NO4/c1-6-19(4,23)9-8-13-11-20(5)17(21)14-10-12(3)15(16(13)14)18(22)24-7-2/h11,23H,6-7,10H2,1-5H3. The van der Waals surface area contributed by atoms with Gasteiger partial charge in [0.2, 0.25) is 0 Å². The predicted octanol–water partition coefficient (Wildman–Crippen LogP) is 1.79. The van der Waals surface area contributed by atoms with Gasteiger partial charge >= 0.3 is 5.97 Å². The van der Waals surface area contributed by atoms with E-state index in [2.05, 4.69) is 11.8 Å². The fraction of sp³-hybridized carbons (Fsp3) is 0.474. The Balaban J connectivity index is 2.68. The lowest BCUT2D eigenvalue weighted by atomic mass is 9.99. The summed E-state index contributed by atoms with van der Waals surface area (Å²) in [6.45, 7) is 7.31. The van der Waals surface area contributed by atoms with Crippen molar-refractivity contribution >= 4 is 11.5 Å². The van der Waals surface area contributed by atoms with Crippen molar-refractivity contribution in [1.29, 1.82) is 0 Å². The van der Waals surface area contributed by atoms with E-state index in [0.717, 1.165) is 5.57 Å². The zero-order valence-corrected chi connectivity index (χ0v) is 14.8. The summed E-state index contributed by atoms with van der Waals surface area (Å²) in [7, 11) is 1.66. The molecule has 24 heavy (non-hydrogen) atoms. The Morgan fingerprint density at radius 2 is 2.12 bits per heavy atom. The zero-order chi connectivity index (χ0) is 18.1. The molecule has 1 heterocycles. The molecule has 1 aromatic rings. The minimum absolute atomic E-state index is 0.142. The smallest absolute Gasteiger partial charge is 0.338 e. The molecular formula is C19H23NO4. The van der Waals surface area contributed by atoms with E-state index in [9.17, 15) is 14.7 Å². The van der Waals surface area contributed by atoms with E-state index >= 15 is 0 Å². The van der Waals surface area contributed by atoms with E-state index in [0.29, 0.717) is 35.1 Å². The minimum Gasteiger partial charge on any atom is -0.462 e. The summed E-state index contributed by atoms with van der Waals surface area (Å²) in [5.74, 6) is 5.34. The molecule has 5 heteroatoms. The number of ether oxygens (including phenoxy) is 1. The van der Waals surface area contributed by atoms with Crippen LogP contribution in [0.2, 0.25) is 0 Å². The second-order valence-corrected chi connectivity index (χ2v) is 6.24. The molecule has 1 unspecified atom stereocenters. The summed E-state index contributed by atoms with van der Waals surface area (Å²) in [5, 5.41) is 10.1. The summed E-state index contributed by atoms with van der Waals surface area (Å²) in [4.78, 5) is 24.8. The molecule has 0 bridgehead atoms. The molecule has 2 rings (SSSR count). The Bertz CT molecular complexity index is 831. The van der Waals surface area contributed by atoms with Gasteiger partial charge in [-0.15, -0.1) is 0 Å². The van der Waals surface area contributed by atoms with Gasteiger partial charge in [0.25, 0.3) is 5.56 Å². The Labute approximate surface area is 142 Å².